The Labute approximate surface area is 120 Å². The third-order valence-electron chi connectivity index (χ3n) is 4.16. The first-order chi connectivity index (χ1) is 9.71. The number of rotatable bonds is 3. The van der Waals surface area contributed by atoms with E-state index in [1.54, 1.807) is 0 Å². The molecule has 0 bridgehead atoms. The topological polar surface area (TPSA) is 49.8 Å². The number of aromatic nitrogens is 2. The van der Waals surface area contributed by atoms with Crippen LogP contribution < -0.4 is 10.6 Å². The minimum Gasteiger partial charge on any atom is -0.368 e. The Kier molecular flexibility index (Phi) is 3.63. The smallest absolute Gasteiger partial charge is 0.140 e. The zero-order valence-electron chi connectivity index (χ0n) is 12.3. The van der Waals surface area contributed by atoms with Crippen molar-refractivity contribution in [3.8, 4) is 0 Å². The van der Waals surface area contributed by atoms with Crippen molar-refractivity contribution in [2.45, 2.75) is 20.4 Å². The molecule has 108 valence electrons. The molecule has 0 radical (unpaired) electrons. The largest absolute Gasteiger partial charge is 0.368 e. The van der Waals surface area contributed by atoms with Crippen LogP contribution in [0.3, 0.4) is 0 Å². The van der Waals surface area contributed by atoms with E-state index < -0.39 is 0 Å². The van der Waals surface area contributed by atoms with Crippen LogP contribution in [-0.4, -0.2) is 47.0 Å². The summed E-state index contributed by atoms with van der Waals surface area (Å²) in [7, 11) is 0. The Morgan fingerprint density at radius 2 is 1.95 bits per heavy atom. The van der Waals surface area contributed by atoms with Gasteiger partial charge >= 0.3 is 0 Å². The van der Waals surface area contributed by atoms with Crippen molar-refractivity contribution in [2.24, 2.45) is 5.73 Å². The molecular formula is C15H23N5. The summed E-state index contributed by atoms with van der Waals surface area (Å²) >= 11 is 0. The molecule has 3 heterocycles. The van der Waals surface area contributed by atoms with Crippen LogP contribution in [0.25, 0.3) is 5.65 Å². The number of hydrogen-bond acceptors (Lipinski definition) is 4. The molecule has 2 N–H and O–H groups in total. The highest BCUT2D eigenvalue weighted by Crippen LogP contribution is 2.21. The SMILES string of the molecule is CCN1CCN(c2cc(C)c3nc(CN)cn3c2)CC1. The monoisotopic (exact) mass is 273 g/mol. The van der Waals surface area contributed by atoms with Gasteiger partial charge in [-0.3, -0.25) is 0 Å². The Balaban J connectivity index is 1.88. The van der Waals surface area contributed by atoms with Gasteiger partial charge in [0.25, 0.3) is 0 Å². The van der Waals surface area contributed by atoms with Crippen LogP contribution in [0, 0.1) is 6.92 Å². The predicted molar refractivity (Wildman–Crippen MR) is 82.1 cm³/mol. The molecule has 0 atom stereocenters. The van der Waals surface area contributed by atoms with E-state index in [0.717, 1.165) is 44.1 Å². The zero-order chi connectivity index (χ0) is 14.1. The van der Waals surface area contributed by atoms with Crippen molar-refractivity contribution in [2.75, 3.05) is 37.6 Å². The Bertz CT molecular complexity index is 596. The summed E-state index contributed by atoms with van der Waals surface area (Å²) in [5.74, 6) is 0. The average Bonchev–Trinajstić information content (AvgIpc) is 2.91. The third-order valence-corrected chi connectivity index (χ3v) is 4.16. The molecule has 2 aromatic rings. The maximum absolute atomic E-state index is 5.68. The summed E-state index contributed by atoms with van der Waals surface area (Å²) in [6, 6.07) is 2.24. The first kappa shape index (κ1) is 13.4. The van der Waals surface area contributed by atoms with E-state index in [2.05, 4.69) is 45.3 Å². The fourth-order valence-electron chi connectivity index (χ4n) is 2.89. The molecule has 3 rings (SSSR count). The number of fused-ring (bicyclic) bond motifs is 1. The average molecular weight is 273 g/mol. The van der Waals surface area contributed by atoms with Crippen molar-refractivity contribution in [3.05, 3.63) is 29.7 Å². The summed E-state index contributed by atoms with van der Waals surface area (Å²) in [4.78, 5) is 9.50. The summed E-state index contributed by atoms with van der Waals surface area (Å²) in [5, 5.41) is 0. The number of likely N-dealkylation sites (N-methyl/N-ethyl adjacent to an activating group) is 1. The van der Waals surface area contributed by atoms with Gasteiger partial charge in [-0.25, -0.2) is 4.98 Å². The quantitative estimate of drug-likeness (QED) is 0.914. The summed E-state index contributed by atoms with van der Waals surface area (Å²) < 4.78 is 2.11. The van der Waals surface area contributed by atoms with E-state index >= 15 is 0 Å². The van der Waals surface area contributed by atoms with Crippen LogP contribution in [-0.2, 0) is 6.54 Å². The second-order valence-corrected chi connectivity index (χ2v) is 5.47. The maximum Gasteiger partial charge on any atom is 0.140 e. The molecule has 5 nitrogen and oxygen atoms in total. The number of aryl methyl sites for hydroxylation is 1. The molecule has 1 aliphatic heterocycles. The number of imidazole rings is 1. The van der Waals surface area contributed by atoms with Crippen molar-refractivity contribution < 1.29 is 0 Å². The summed E-state index contributed by atoms with van der Waals surface area (Å²) in [6.45, 7) is 10.5. The summed E-state index contributed by atoms with van der Waals surface area (Å²) in [6.07, 6.45) is 4.21. The van der Waals surface area contributed by atoms with Gasteiger partial charge in [0, 0.05) is 45.1 Å². The fourth-order valence-corrected chi connectivity index (χ4v) is 2.89. The Hall–Kier alpha value is -1.59. The standard InChI is InChI=1S/C15H23N5/c1-3-18-4-6-19(7-5-18)14-8-12(2)15-17-13(9-16)10-20(15)11-14/h8,10-11H,3-7,9,16H2,1-2H3. The van der Waals surface area contributed by atoms with Crippen molar-refractivity contribution in [3.63, 3.8) is 0 Å². The maximum atomic E-state index is 5.68. The molecule has 0 unspecified atom stereocenters. The number of anilines is 1. The second kappa shape index (κ2) is 5.42. The zero-order valence-corrected chi connectivity index (χ0v) is 12.3. The van der Waals surface area contributed by atoms with Gasteiger partial charge < -0.3 is 19.9 Å². The van der Waals surface area contributed by atoms with Crippen LogP contribution in [0.15, 0.2) is 18.5 Å². The van der Waals surface area contributed by atoms with Crippen LogP contribution in [0.5, 0.6) is 0 Å². The van der Waals surface area contributed by atoms with Gasteiger partial charge in [0.1, 0.15) is 5.65 Å². The lowest BCUT2D eigenvalue weighted by Crippen LogP contribution is -2.46. The number of hydrogen-bond donors (Lipinski definition) is 1. The van der Waals surface area contributed by atoms with Gasteiger partial charge in [-0.15, -0.1) is 0 Å². The van der Waals surface area contributed by atoms with Crippen molar-refractivity contribution >= 4 is 11.3 Å². The van der Waals surface area contributed by atoms with Gasteiger partial charge in [0.2, 0.25) is 0 Å². The second-order valence-electron chi connectivity index (χ2n) is 5.47. The van der Waals surface area contributed by atoms with Crippen LogP contribution in [0.1, 0.15) is 18.2 Å². The van der Waals surface area contributed by atoms with Gasteiger partial charge in [-0.2, -0.15) is 0 Å². The van der Waals surface area contributed by atoms with Gasteiger partial charge in [0.05, 0.1) is 11.4 Å². The molecular weight excluding hydrogens is 250 g/mol. The molecule has 1 saturated heterocycles. The van der Waals surface area contributed by atoms with Gasteiger partial charge in [0.15, 0.2) is 0 Å². The van der Waals surface area contributed by atoms with E-state index in [9.17, 15) is 0 Å². The highest BCUT2D eigenvalue weighted by Gasteiger charge is 2.17. The highest BCUT2D eigenvalue weighted by molar-refractivity contribution is 5.58. The molecule has 1 fully saturated rings. The first-order valence-electron chi connectivity index (χ1n) is 7.37. The fraction of sp³-hybridized carbons (Fsp3) is 0.533. The molecule has 2 aromatic heterocycles. The van der Waals surface area contributed by atoms with Crippen LogP contribution in [0.4, 0.5) is 5.69 Å². The lowest BCUT2D eigenvalue weighted by molar-refractivity contribution is 0.271. The number of nitrogens with zero attached hydrogens (tertiary/aromatic N) is 4. The normalized spacial score (nSPS) is 17.1. The van der Waals surface area contributed by atoms with E-state index in [1.807, 2.05) is 6.20 Å². The molecule has 0 aliphatic carbocycles. The van der Waals surface area contributed by atoms with Crippen LogP contribution in [0.2, 0.25) is 0 Å². The number of pyridine rings is 1. The minimum absolute atomic E-state index is 0.492. The molecule has 0 aromatic carbocycles. The first-order valence-corrected chi connectivity index (χ1v) is 7.37. The Morgan fingerprint density at radius 1 is 1.20 bits per heavy atom. The van der Waals surface area contributed by atoms with Gasteiger partial charge in [-0.05, 0) is 25.1 Å². The van der Waals surface area contributed by atoms with E-state index in [1.165, 1.54) is 11.3 Å². The minimum atomic E-state index is 0.492. The molecule has 1 aliphatic rings. The highest BCUT2D eigenvalue weighted by atomic mass is 15.3. The Morgan fingerprint density at radius 3 is 2.60 bits per heavy atom. The molecule has 20 heavy (non-hydrogen) atoms. The molecule has 0 spiro atoms. The third kappa shape index (κ3) is 2.39. The summed E-state index contributed by atoms with van der Waals surface area (Å²) in [5.41, 5.74) is 10.1. The van der Waals surface area contributed by atoms with E-state index in [-0.39, 0.29) is 0 Å². The van der Waals surface area contributed by atoms with Crippen molar-refractivity contribution in [1.82, 2.24) is 14.3 Å². The van der Waals surface area contributed by atoms with Gasteiger partial charge in [-0.1, -0.05) is 6.92 Å². The lowest BCUT2D eigenvalue weighted by Gasteiger charge is -2.35. The molecule has 0 saturated carbocycles. The van der Waals surface area contributed by atoms with Crippen molar-refractivity contribution in [1.29, 1.82) is 0 Å². The lowest BCUT2D eigenvalue weighted by atomic mass is 10.2. The number of nitrogens with two attached hydrogens (primary N) is 1. The molecule has 5 heteroatoms. The van der Waals surface area contributed by atoms with E-state index in [4.69, 9.17) is 5.73 Å². The van der Waals surface area contributed by atoms with E-state index in [0.29, 0.717) is 6.54 Å². The number of piperazine rings is 1. The predicted octanol–water partition coefficient (Wildman–Crippen LogP) is 1.24. The molecule has 0 amide bonds. The van der Waals surface area contributed by atoms with Crippen LogP contribution >= 0.6 is 0 Å².